The predicted molar refractivity (Wildman–Crippen MR) is 68.9 cm³/mol. The highest BCUT2D eigenvalue weighted by Gasteiger charge is 2.30. The lowest BCUT2D eigenvalue weighted by Crippen LogP contribution is -2.41. The second kappa shape index (κ2) is 6.97. The summed E-state index contributed by atoms with van der Waals surface area (Å²) < 4.78 is 4.80. The SMILES string of the molecule is CCNC(CCN(C)C(C)C1CC1)C(=O)OC. The van der Waals surface area contributed by atoms with Crippen LogP contribution >= 0.6 is 0 Å². The molecule has 0 radical (unpaired) electrons. The molecule has 2 atom stereocenters. The van der Waals surface area contributed by atoms with Gasteiger partial charge in [0.05, 0.1) is 7.11 Å². The van der Waals surface area contributed by atoms with E-state index in [0.717, 1.165) is 25.4 Å². The van der Waals surface area contributed by atoms with Gasteiger partial charge in [-0.05, 0) is 45.7 Å². The number of rotatable bonds is 8. The van der Waals surface area contributed by atoms with Crippen molar-refractivity contribution in [3.05, 3.63) is 0 Å². The molecule has 1 rings (SSSR count). The van der Waals surface area contributed by atoms with Gasteiger partial charge in [-0.2, -0.15) is 0 Å². The van der Waals surface area contributed by atoms with E-state index in [1.807, 2.05) is 6.92 Å². The summed E-state index contributed by atoms with van der Waals surface area (Å²) in [6.45, 7) is 6.01. The van der Waals surface area contributed by atoms with Gasteiger partial charge in [-0.15, -0.1) is 0 Å². The highest BCUT2D eigenvalue weighted by molar-refractivity contribution is 5.75. The van der Waals surface area contributed by atoms with Crippen LogP contribution in [0.3, 0.4) is 0 Å². The lowest BCUT2D eigenvalue weighted by Gasteiger charge is -2.26. The molecule has 1 aliphatic carbocycles. The second-order valence-electron chi connectivity index (χ2n) is 4.98. The van der Waals surface area contributed by atoms with Crippen molar-refractivity contribution in [2.75, 3.05) is 27.2 Å². The molecule has 17 heavy (non-hydrogen) atoms. The third-order valence-electron chi connectivity index (χ3n) is 3.71. The van der Waals surface area contributed by atoms with Crippen molar-refractivity contribution in [1.29, 1.82) is 0 Å². The number of hydrogen-bond acceptors (Lipinski definition) is 4. The van der Waals surface area contributed by atoms with E-state index in [-0.39, 0.29) is 12.0 Å². The molecular weight excluding hydrogens is 216 g/mol. The molecule has 0 aromatic heterocycles. The van der Waals surface area contributed by atoms with Crippen LogP contribution in [0.4, 0.5) is 0 Å². The Morgan fingerprint density at radius 2 is 2.18 bits per heavy atom. The molecule has 2 unspecified atom stereocenters. The standard InChI is InChI=1S/C13H26N2O2/c1-5-14-12(13(16)17-4)8-9-15(3)10(2)11-6-7-11/h10-12,14H,5-9H2,1-4H3. The maximum absolute atomic E-state index is 11.5. The Morgan fingerprint density at radius 1 is 1.53 bits per heavy atom. The molecule has 0 bridgehead atoms. The van der Waals surface area contributed by atoms with Gasteiger partial charge >= 0.3 is 5.97 Å². The third kappa shape index (κ3) is 4.64. The minimum Gasteiger partial charge on any atom is -0.468 e. The number of ether oxygens (including phenoxy) is 1. The minimum atomic E-state index is -0.168. The number of nitrogens with zero attached hydrogens (tertiary/aromatic N) is 1. The maximum Gasteiger partial charge on any atom is 0.322 e. The van der Waals surface area contributed by atoms with Gasteiger partial charge in [-0.25, -0.2) is 0 Å². The van der Waals surface area contributed by atoms with Gasteiger partial charge in [-0.1, -0.05) is 6.92 Å². The van der Waals surface area contributed by atoms with Crippen LogP contribution in [0.5, 0.6) is 0 Å². The fourth-order valence-corrected chi connectivity index (χ4v) is 2.17. The van der Waals surface area contributed by atoms with Crippen LogP contribution in [0.2, 0.25) is 0 Å². The molecular formula is C13H26N2O2. The fourth-order valence-electron chi connectivity index (χ4n) is 2.17. The number of hydrogen-bond donors (Lipinski definition) is 1. The zero-order valence-electron chi connectivity index (χ0n) is 11.5. The first kappa shape index (κ1) is 14.5. The molecule has 4 heteroatoms. The van der Waals surface area contributed by atoms with Crippen LogP contribution in [0, 0.1) is 5.92 Å². The van der Waals surface area contributed by atoms with Gasteiger partial charge in [0.2, 0.25) is 0 Å². The molecule has 0 aliphatic heterocycles. The van der Waals surface area contributed by atoms with Crippen LogP contribution in [-0.2, 0) is 9.53 Å². The summed E-state index contributed by atoms with van der Waals surface area (Å²) in [6.07, 6.45) is 3.53. The number of methoxy groups -OCH3 is 1. The molecule has 1 aliphatic rings. The summed E-state index contributed by atoms with van der Waals surface area (Å²) in [5, 5.41) is 3.17. The Kier molecular flexibility index (Phi) is 5.92. The van der Waals surface area contributed by atoms with Crippen LogP contribution < -0.4 is 5.32 Å². The molecule has 1 fully saturated rings. The summed E-state index contributed by atoms with van der Waals surface area (Å²) in [5.41, 5.74) is 0. The Balaban J connectivity index is 2.31. The van der Waals surface area contributed by atoms with E-state index in [2.05, 4.69) is 24.2 Å². The summed E-state index contributed by atoms with van der Waals surface area (Å²) >= 11 is 0. The van der Waals surface area contributed by atoms with Crippen molar-refractivity contribution in [3.8, 4) is 0 Å². The van der Waals surface area contributed by atoms with E-state index >= 15 is 0 Å². The zero-order valence-corrected chi connectivity index (χ0v) is 11.5. The molecule has 0 heterocycles. The third-order valence-corrected chi connectivity index (χ3v) is 3.71. The number of esters is 1. The summed E-state index contributed by atoms with van der Waals surface area (Å²) in [7, 11) is 3.59. The van der Waals surface area contributed by atoms with Crippen molar-refractivity contribution in [3.63, 3.8) is 0 Å². The average Bonchev–Trinajstić information content (AvgIpc) is 3.16. The Bertz CT molecular complexity index is 242. The molecule has 0 amide bonds. The number of likely N-dealkylation sites (N-methyl/N-ethyl adjacent to an activating group) is 1. The van der Waals surface area contributed by atoms with Crippen LogP contribution in [0.1, 0.15) is 33.1 Å². The fraction of sp³-hybridized carbons (Fsp3) is 0.923. The van der Waals surface area contributed by atoms with Crippen LogP contribution in [0.25, 0.3) is 0 Å². The largest absolute Gasteiger partial charge is 0.468 e. The number of carbonyl (C=O) groups is 1. The van der Waals surface area contributed by atoms with Gasteiger partial charge in [0.15, 0.2) is 0 Å². The van der Waals surface area contributed by atoms with Gasteiger partial charge < -0.3 is 15.0 Å². The van der Waals surface area contributed by atoms with Crippen molar-refractivity contribution in [2.45, 2.75) is 45.2 Å². The number of nitrogens with one attached hydrogen (secondary N) is 1. The van der Waals surface area contributed by atoms with Gasteiger partial charge in [0.1, 0.15) is 6.04 Å². The van der Waals surface area contributed by atoms with Gasteiger partial charge in [0.25, 0.3) is 0 Å². The van der Waals surface area contributed by atoms with Crippen molar-refractivity contribution >= 4 is 5.97 Å². The van der Waals surface area contributed by atoms with Crippen molar-refractivity contribution < 1.29 is 9.53 Å². The maximum atomic E-state index is 11.5. The molecule has 4 nitrogen and oxygen atoms in total. The van der Waals surface area contributed by atoms with E-state index in [1.54, 1.807) is 0 Å². The quantitative estimate of drug-likeness (QED) is 0.651. The van der Waals surface area contributed by atoms with Crippen molar-refractivity contribution in [2.24, 2.45) is 5.92 Å². The lowest BCUT2D eigenvalue weighted by molar-refractivity contribution is -0.143. The Labute approximate surface area is 105 Å². The molecule has 1 N–H and O–H groups in total. The predicted octanol–water partition coefficient (Wildman–Crippen LogP) is 1.26. The van der Waals surface area contributed by atoms with E-state index in [9.17, 15) is 4.79 Å². The summed E-state index contributed by atoms with van der Waals surface area (Å²) in [5.74, 6) is 0.718. The smallest absolute Gasteiger partial charge is 0.322 e. The average molecular weight is 242 g/mol. The second-order valence-corrected chi connectivity index (χ2v) is 4.98. The zero-order chi connectivity index (χ0) is 12.8. The van der Waals surface area contributed by atoms with E-state index in [1.165, 1.54) is 20.0 Å². The number of carbonyl (C=O) groups excluding carboxylic acids is 1. The summed E-state index contributed by atoms with van der Waals surface area (Å²) in [4.78, 5) is 13.9. The first-order valence-electron chi connectivity index (χ1n) is 6.61. The van der Waals surface area contributed by atoms with Crippen LogP contribution in [-0.4, -0.2) is 50.2 Å². The monoisotopic (exact) mass is 242 g/mol. The first-order chi connectivity index (χ1) is 8.10. The molecule has 0 aromatic rings. The first-order valence-corrected chi connectivity index (χ1v) is 6.61. The highest BCUT2D eigenvalue weighted by Crippen LogP contribution is 2.34. The van der Waals surface area contributed by atoms with Gasteiger partial charge in [0, 0.05) is 12.6 Å². The molecule has 0 aromatic carbocycles. The van der Waals surface area contributed by atoms with E-state index in [4.69, 9.17) is 4.74 Å². The Morgan fingerprint density at radius 3 is 2.65 bits per heavy atom. The molecule has 100 valence electrons. The molecule has 0 spiro atoms. The molecule has 0 saturated heterocycles. The van der Waals surface area contributed by atoms with Crippen LogP contribution in [0.15, 0.2) is 0 Å². The van der Waals surface area contributed by atoms with Crippen molar-refractivity contribution in [1.82, 2.24) is 10.2 Å². The topological polar surface area (TPSA) is 41.6 Å². The lowest BCUT2D eigenvalue weighted by atomic mass is 10.1. The van der Waals surface area contributed by atoms with E-state index in [0.29, 0.717) is 6.04 Å². The highest BCUT2D eigenvalue weighted by atomic mass is 16.5. The molecule has 1 saturated carbocycles. The van der Waals surface area contributed by atoms with Gasteiger partial charge in [-0.3, -0.25) is 4.79 Å². The Hall–Kier alpha value is -0.610. The minimum absolute atomic E-state index is 0.153. The normalized spacial score (nSPS) is 19.1. The van der Waals surface area contributed by atoms with E-state index < -0.39 is 0 Å². The summed E-state index contributed by atoms with van der Waals surface area (Å²) in [6, 6.07) is 0.466.